The first kappa shape index (κ1) is 25.0. The zero-order valence-electron chi connectivity index (χ0n) is 18.4. The van der Waals surface area contributed by atoms with Crippen LogP contribution >= 0.6 is 7.52 Å². The van der Waals surface area contributed by atoms with Crippen molar-refractivity contribution in [2.75, 3.05) is 39.0 Å². The van der Waals surface area contributed by atoms with E-state index < -0.39 is 19.5 Å². The highest BCUT2D eigenvalue weighted by Crippen LogP contribution is 2.43. The number of nitrogen functional groups attached to an aromatic ring is 1. The Morgan fingerprint density at radius 1 is 1.32 bits per heavy atom. The van der Waals surface area contributed by atoms with Crippen LogP contribution in [0.25, 0.3) is 11.2 Å². The van der Waals surface area contributed by atoms with Crippen molar-refractivity contribution in [1.29, 1.82) is 0 Å². The van der Waals surface area contributed by atoms with Crippen LogP contribution in [0.15, 0.2) is 6.33 Å². The summed E-state index contributed by atoms with van der Waals surface area (Å²) in [6, 6.07) is -0.791. The van der Waals surface area contributed by atoms with Gasteiger partial charge in [0.15, 0.2) is 11.2 Å². The normalized spacial score (nSPS) is 14.3. The molecule has 0 aliphatic heterocycles. The summed E-state index contributed by atoms with van der Waals surface area (Å²) in [5.41, 5.74) is 6.70. The molecule has 0 saturated heterocycles. The smallest absolute Gasteiger partial charge is 0.323 e. The second-order valence-electron chi connectivity index (χ2n) is 6.70. The number of methoxy groups -OCH3 is 1. The second-order valence-corrected chi connectivity index (χ2v) is 8.82. The predicted octanol–water partition coefficient (Wildman–Crippen LogP) is 1.94. The molecule has 0 aliphatic rings. The zero-order chi connectivity index (χ0) is 22.9. The number of unbranched alkanes of at least 4 members (excludes halogenated alkanes) is 1. The number of fused-ring (bicyclic) bond motifs is 1. The van der Waals surface area contributed by atoms with Gasteiger partial charge in [-0.25, -0.2) is 10.1 Å². The zero-order valence-corrected chi connectivity index (χ0v) is 19.3. The Morgan fingerprint density at radius 2 is 2.10 bits per heavy atom. The molecule has 174 valence electrons. The Kier molecular flexibility index (Phi) is 9.63. The van der Waals surface area contributed by atoms with Crippen LogP contribution in [0.1, 0.15) is 33.6 Å². The molecule has 0 radical (unpaired) electrons. The van der Waals surface area contributed by atoms with Crippen LogP contribution in [0.5, 0.6) is 5.88 Å². The van der Waals surface area contributed by atoms with Gasteiger partial charge in [-0.3, -0.25) is 9.36 Å². The monoisotopic (exact) mass is 458 g/mol. The van der Waals surface area contributed by atoms with Gasteiger partial charge in [0.2, 0.25) is 11.8 Å². The van der Waals surface area contributed by atoms with E-state index in [9.17, 15) is 9.36 Å². The Balaban J connectivity index is 1.98. The topological polar surface area (TPSA) is 153 Å². The van der Waals surface area contributed by atoms with Crippen molar-refractivity contribution in [1.82, 2.24) is 24.6 Å². The van der Waals surface area contributed by atoms with Gasteiger partial charge in [0.05, 0.1) is 33.3 Å². The Hall–Kier alpha value is -2.27. The van der Waals surface area contributed by atoms with E-state index >= 15 is 0 Å². The lowest BCUT2D eigenvalue weighted by Crippen LogP contribution is -2.35. The van der Waals surface area contributed by atoms with Crippen molar-refractivity contribution >= 4 is 30.6 Å². The number of carbonyl (C=O) groups is 1. The first-order valence-corrected chi connectivity index (χ1v) is 11.9. The van der Waals surface area contributed by atoms with Crippen LogP contribution in [-0.2, 0) is 29.9 Å². The molecule has 2 aromatic heterocycles. The van der Waals surface area contributed by atoms with Gasteiger partial charge < -0.3 is 29.0 Å². The first-order chi connectivity index (χ1) is 14.8. The van der Waals surface area contributed by atoms with Crippen molar-refractivity contribution in [3.05, 3.63) is 6.33 Å². The van der Waals surface area contributed by atoms with Crippen LogP contribution in [-0.4, -0.2) is 64.8 Å². The third-order valence-electron chi connectivity index (χ3n) is 4.21. The van der Waals surface area contributed by atoms with E-state index in [2.05, 4.69) is 20.0 Å². The minimum Gasteiger partial charge on any atom is -0.479 e. The molecule has 2 aromatic rings. The van der Waals surface area contributed by atoms with Crippen molar-refractivity contribution in [2.24, 2.45) is 0 Å². The lowest BCUT2D eigenvalue weighted by atomic mass is 10.4. The van der Waals surface area contributed by atoms with Crippen molar-refractivity contribution < 1.29 is 28.1 Å². The molecule has 13 heteroatoms. The van der Waals surface area contributed by atoms with Crippen LogP contribution in [0.2, 0.25) is 0 Å². The summed E-state index contributed by atoms with van der Waals surface area (Å²) in [6.07, 6.45) is 3.00. The van der Waals surface area contributed by atoms with E-state index in [1.54, 1.807) is 24.7 Å². The van der Waals surface area contributed by atoms with E-state index in [4.69, 9.17) is 24.5 Å². The molecule has 0 fully saturated rings. The van der Waals surface area contributed by atoms with Gasteiger partial charge in [-0.15, -0.1) is 0 Å². The van der Waals surface area contributed by atoms with Gasteiger partial charge in [0, 0.05) is 6.54 Å². The summed E-state index contributed by atoms with van der Waals surface area (Å²) in [5, 5.41) is 2.74. The molecule has 0 aromatic carbocycles. The number of carbonyl (C=O) groups excluding carboxylic acids is 1. The molecule has 12 nitrogen and oxygen atoms in total. The average molecular weight is 458 g/mol. The first-order valence-electron chi connectivity index (χ1n) is 10.1. The highest BCUT2D eigenvalue weighted by atomic mass is 31.2. The van der Waals surface area contributed by atoms with Crippen molar-refractivity contribution in [3.8, 4) is 5.88 Å². The third kappa shape index (κ3) is 7.13. The molecule has 1 unspecified atom stereocenters. The predicted molar refractivity (Wildman–Crippen MR) is 115 cm³/mol. The largest absolute Gasteiger partial charge is 0.479 e. The van der Waals surface area contributed by atoms with Crippen LogP contribution < -0.4 is 15.6 Å². The molecule has 0 aliphatic carbocycles. The number of aromatic nitrogens is 4. The number of esters is 1. The van der Waals surface area contributed by atoms with Gasteiger partial charge in [0.25, 0.3) is 7.52 Å². The summed E-state index contributed by atoms with van der Waals surface area (Å²) in [4.78, 5) is 24.3. The Morgan fingerprint density at radius 3 is 2.77 bits per heavy atom. The summed E-state index contributed by atoms with van der Waals surface area (Å²) >= 11 is 0. The molecule has 0 bridgehead atoms. The molecule has 0 spiro atoms. The van der Waals surface area contributed by atoms with Crippen LogP contribution in [0.3, 0.4) is 0 Å². The SMILES string of the molecule is CCCCOP(=O)(COCCn1cnc2c(OC)nc(N)nc21)N[C@H](C)C(=O)OCC. The maximum atomic E-state index is 13.2. The van der Waals surface area contributed by atoms with Crippen molar-refractivity contribution in [3.63, 3.8) is 0 Å². The molecule has 0 saturated carbocycles. The van der Waals surface area contributed by atoms with Crippen LogP contribution in [0.4, 0.5) is 5.95 Å². The molecule has 2 heterocycles. The number of hydrogen-bond donors (Lipinski definition) is 2. The van der Waals surface area contributed by atoms with Gasteiger partial charge in [0.1, 0.15) is 12.4 Å². The number of rotatable bonds is 14. The summed E-state index contributed by atoms with van der Waals surface area (Å²) in [6.45, 7) is 6.39. The third-order valence-corrected chi connectivity index (χ3v) is 6.11. The number of ether oxygens (including phenoxy) is 3. The van der Waals surface area contributed by atoms with Gasteiger partial charge in [-0.2, -0.15) is 9.97 Å². The molecular formula is C18H31N6O6P. The number of nitrogens with two attached hydrogens (primary N) is 1. The minimum atomic E-state index is -3.42. The fourth-order valence-electron chi connectivity index (χ4n) is 2.67. The minimum absolute atomic E-state index is 0.0676. The number of imidazole rings is 1. The maximum absolute atomic E-state index is 13.2. The number of anilines is 1. The van der Waals surface area contributed by atoms with E-state index in [1.807, 2.05) is 6.92 Å². The molecule has 2 rings (SSSR count). The molecule has 31 heavy (non-hydrogen) atoms. The Labute approximate surface area is 181 Å². The van der Waals surface area contributed by atoms with E-state index in [0.717, 1.165) is 12.8 Å². The van der Waals surface area contributed by atoms with Crippen molar-refractivity contribution in [2.45, 2.75) is 46.2 Å². The van der Waals surface area contributed by atoms with Gasteiger partial charge in [-0.05, 0) is 20.3 Å². The molecular weight excluding hydrogens is 427 g/mol. The number of nitrogens with zero attached hydrogens (tertiary/aromatic N) is 4. The summed E-state index contributed by atoms with van der Waals surface area (Å²) < 4.78 is 36.2. The van der Waals surface area contributed by atoms with E-state index in [0.29, 0.717) is 24.3 Å². The van der Waals surface area contributed by atoms with Crippen LogP contribution in [0, 0.1) is 0 Å². The Bertz CT molecular complexity index is 907. The summed E-state index contributed by atoms with van der Waals surface area (Å²) in [5.74, 6) is -0.149. The van der Waals surface area contributed by atoms with Gasteiger partial charge in [-0.1, -0.05) is 13.3 Å². The lowest BCUT2D eigenvalue weighted by molar-refractivity contribution is -0.144. The fourth-order valence-corrected chi connectivity index (χ4v) is 4.38. The number of hydrogen-bond acceptors (Lipinski definition) is 10. The van der Waals surface area contributed by atoms with E-state index in [1.165, 1.54) is 7.11 Å². The lowest BCUT2D eigenvalue weighted by Gasteiger charge is -2.23. The standard InChI is InChI=1S/C18H31N6O6P/c1-5-7-9-30-31(26,23-13(3)17(25)29-6-2)12-28-10-8-24-11-20-14-15(24)21-18(19)22-16(14)27-4/h11,13H,5-10,12H2,1-4H3,(H,23,26)(H2,19,21,22)/t13-,31?/m1/s1. The molecule has 3 N–H and O–H groups in total. The van der Waals surface area contributed by atoms with Gasteiger partial charge >= 0.3 is 5.97 Å². The quantitative estimate of drug-likeness (QED) is 0.243. The molecule has 2 atom stereocenters. The molecule has 0 amide bonds. The summed E-state index contributed by atoms with van der Waals surface area (Å²) in [7, 11) is -1.95. The fraction of sp³-hybridized carbons (Fsp3) is 0.667. The highest BCUT2D eigenvalue weighted by molar-refractivity contribution is 7.56. The average Bonchev–Trinajstić information content (AvgIpc) is 3.13. The maximum Gasteiger partial charge on any atom is 0.323 e. The second kappa shape index (κ2) is 11.9. The number of nitrogens with one attached hydrogen (secondary N) is 1. The van der Waals surface area contributed by atoms with E-state index in [-0.39, 0.29) is 31.4 Å². The highest BCUT2D eigenvalue weighted by Gasteiger charge is 2.29.